The zero-order valence-corrected chi connectivity index (χ0v) is 10.7. The lowest BCUT2D eigenvalue weighted by atomic mass is 10.1. The Bertz CT molecular complexity index is 612. The van der Waals surface area contributed by atoms with Crippen molar-refractivity contribution < 1.29 is 10.0 Å². The third kappa shape index (κ3) is 3.61. The zero-order valence-electron chi connectivity index (χ0n) is 10.7. The number of non-ortho nitro benzene ring substituents is 1. The molecule has 2 aromatic rings. The van der Waals surface area contributed by atoms with Gasteiger partial charge >= 0.3 is 0 Å². The molecule has 0 amide bonds. The molecular weight excluding hydrogens is 258 g/mol. The van der Waals surface area contributed by atoms with Crippen molar-refractivity contribution in [3.63, 3.8) is 0 Å². The molecule has 0 bridgehead atoms. The number of hydrogen-bond donors (Lipinski definition) is 3. The van der Waals surface area contributed by atoms with Gasteiger partial charge in [-0.2, -0.15) is 0 Å². The van der Waals surface area contributed by atoms with Crippen molar-refractivity contribution in [2.75, 3.05) is 17.6 Å². The van der Waals surface area contributed by atoms with Gasteiger partial charge in [-0.25, -0.2) is 0 Å². The van der Waals surface area contributed by atoms with Gasteiger partial charge in [0.2, 0.25) is 0 Å². The van der Waals surface area contributed by atoms with Crippen LogP contribution in [-0.2, 0) is 6.42 Å². The Morgan fingerprint density at radius 1 is 1.20 bits per heavy atom. The number of rotatable bonds is 5. The smallest absolute Gasteiger partial charge is 0.273 e. The van der Waals surface area contributed by atoms with E-state index >= 15 is 0 Å². The number of nitrogens with one attached hydrogen (secondary N) is 1. The van der Waals surface area contributed by atoms with Crippen molar-refractivity contribution in [1.29, 1.82) is 0 Å². The molecule has 20 heavy (non-hydrogen) atoms. The van der Waals surface area contributed by atoms with Crippen LogP contribution in [0.3, 0.4) is 0 Å². The van der Waals surface area contributed by atoms with Crippen LogP contribution in [0.15, 0.2) is 42.5 Å². The second-order valence-corrected chi connectivity index (χ2v) is 4.41. The number of nitro groups is 1. The van der Waals surface area contributed by atoms with E-state index in [0.29, 0.717) is 17.9 Å². The maximum Gasteiger partial charge on any atom is 0.273 e. The summed E-state index contributed by atoms with van der Waals surface area (Å²) in [6.07, 6.45) is 0.739. The molecule has 0 unspecified atom stereocenters. The van der Waals surface area contributed by atoms with E-state index in [1.165, 1.54) is 12.1 Å². The number of anilines is 2. The van der Waals surface area contributed by atoms with Gasteiger partial charge in [0.1, 0.15) is 5.75 Å². The molecule has 0 aliphatic heterocycles. The number of aromatic hydroxyl groups is 1. The fraction of sp³-hybridized carbons (Fsp3) is 0.143. The van der Waals surface area contributed by atoms with E-state index in [9.17, 15) is 15.2 Å². The van der Waals surface area contributed by atoms with Crippen LogP contribution < -0.4 is 11.1 Å². The molecule has 0 aromatic heterocycles. The van der Waals surface area contributed by atoms with E-state index < -0.39 is 4.92 Å². The van der Waals surface area contributed by atoms with Crippen molar-refractivity contribution in [3.8, 4) is 5.75 Å². The molecule has 0 saturated carbocycles. The highest BCUT2D eigenvalue weighted by atomic mass is 16.6. The Kier molecular flexibility index (Phi) is 4.05. The van der Waals surface area contributed by atoms with Crippen LogP contribution >= 0.6 is 0 Å². The molecule has 0 saturated heterocycles. The van der Waals surface area contributed by atoms with E-state index in [4.69, 9.17) is 5.73 Å². The summed E-state index contributed by atoms with van der Waals surface area (Å²) >= 11 is 0. The second-order valence-electron chi connectivity index (χ2n) is 4.41. The standard InChI is InChI=1S/C14H15N3O3/c15-11-7-12(9-13(8-11)17(19)20)16-6-5-10-1-3-14(18)4-2-10/h1-4,7-9,16,18H,5-6,15H2. The summed E-state index contributed by atoms with van der Waals surface area (Å²) in [5.41, 5.74) is 7.63. The third-order valence-corrected chi connectivity index (χ3v) is 2.83. The predicted molar refractivity (Wildman–Crippen MR) is 77.8 cm³/mol. The summed E-state index contributed by atoms with van der Waals surface area (Å²) in [4.78, 5) is 10.3. The molecule has 0 aliphatic rings. The van der Waals surface area contributed by atoms with E-state index in [0.717, 1.165) is 12.0 Å². The van der Waals surface area contributed by atoms with Crippen molar-refractivity contribution in [2.24, 2.45) is 0 Å². The van der Waals surface area contributed by atoms with Gasteiger partial charge in [0.15, 0.2) is 0 Å². The minimum Gasteiger partial charge on any atom is -0.508 e. The lowest BCUT2D eigenvalue weighted by molar-refractivity contribution is -0.384. The van der Waals surface area contributed by atoms with Gasteiger partial charge in [-0.3, -0.25) is 10.1 Å². The molecule has 4 N–H and O–H groups in total. The predicted octanol–water partition coefficient (Wildman–Crippen LogP) is 2.54. The average molecular weight is 273 g/mol. The highest BCUT2D eigenvalue weighted by molar-refractivity contribution is 5.61. The van der Waals surface area contributed by atoms with E-state index in [1.54, 1.807) is 18.2 Å². The number of nitrogens with zero attached hydrogens (tertiary/aromatic N) is 1. The number of nitrogen functional groups attached to an aromatic ring is 1. The number of nitro benzene ring substituents is 1. The van der Waals surface area contributed by atoms with Crippen molar-refractivity contribution >= 4 is 17.1 Å². The highest BCUT2D eigenvalue weighted by Gasteiger charge is 2.08. The molecule has 0 fully saturated rings. The topological polar surface area (TPSA) is 101 Å². The first kappa shape index (κ1) is 13.7. The van der Waals surface area contributed by atoms with Gasteiger partial charge in [-0.1, -0.05) is 12.1 Å². The van der Waals surface area contributed by atoms with Crippen LogP contribution in [0.1, 0.15) is 5.56 Å². The summed E-state index contributed by atoms with van der Waals surface area (Å²) in [7, 11) is 0. The number of benzene rings is 2. The fourth-order valence-corrected chi connectivity index (χ4v) is 1.86. The molecule has 2 aromatic carbocycles. The van der Waals surface area contributed by atoms with Crippen molar-refractivity contribution in [2.45, 2.75) is 6.42 Å². The molecule has 104 valence electrons. The molecule has 0 atom stereocenters. The average Bonchev–Trinajstić information content (AvgIpc) is 2.40. The Morgan fingerprint density at radius 3 is 2.55 bits per heavy atom. The monoisotopic (exact) mass is 273 g/mol. The summed E-state index contributed by atoms with van der Waals surface area (Å²) in [5, 5.41) is 23.0. The minimum absolute atomic E-state index is 0.0304. The van der Waals surface area contributed by atoms with Crippen LogP contribution in [-0.4, -0.2) is 16.6 Å². The molecule has 6 heteroatoms. The van der Waals surface area contributed by atoms with Crippen LogP contribution in [0.2, 0.25) is 0 Å². The fourth-order valence-electron chi connectivity index (χ4n) is 1.86. The van der Waals surface area contributed by atoms with Gasteiger partial charge in [0.05, 0.1) is 4.92 Å². The van der Waals surface area contributed by atoms with Crippen LogP contribution in [0, 0.1) is 10.1 Å². The highest BCUT2D eigenvalue weighted by Crippen LogP contribution is 2.22. The third-order valence-electron chi connectivity index (χ3n) is 2.83. The molecule has 0 spiro atoms. The summed E-state index contributed by atoms with van der Waals surface area (Å²) in [6, 6.07) is 11.3. The quantitative estimate of drug-likeness (QED) is 0.441. The second kappa shape index (κ2) is 5.92. The summed E-state index contributed by atoms with van der Waals surface area (Å²) in [5.74, 6) is 0.230. The van der Waals surface area contributed by atoms with Gasteiger partial charge in [0.25, 0.3) is 5.69 Å². The summed E-state index contributed by atoms with van der Waals surface area (Å²) < 4.78 is 0. The molecular formula is C14H15N3O3. The first-order valence-corrected chi connectivity index (χ1v) is 6.11. The first-order chi connectivity index (χ1) is 9.54. The lowest BCUT2D eigenvalue weighted by Crippen LogP contribution is -2.05. The molecule has 0 heterocycles. The Hall–Kier alpha value is -2.76. The van der Waals surface area contributed by atoms with E-state index in [2.05, 4.69) is 5.32 Å². The minimum atomic E-state index is -0.471. The Balaban J connectivity index is 1.97. The van der Waals surface area contributed by atoms with E-state index in [-0.39, 0.29) is 11.4 Å². The van der Waals surface area contributed by atoms with Crippen molar-refractivity contribution in [3.05, 3.63) is 58.1 Å². The first-order valence-electron chi connectivity index (χ1n) is 6.11. The largest absolute Gasteiger partial charge is 0.508 e. The number of phenols is 1. The molecule has 6 nitrogen and oxygen atoms in total. The van der Waals surface area contributed by atoms with Crippen molar-refractivity contribution in [1.82, 2.24) is 0 Å². The van der Waals surface area contributed by atoms with Crippen LogP contribution in [0.5, 0.6) is 5.75 Å². The van der Waals surface area contributed by atoms with Gasteiger partial charge < -0.3 is 16.2 Å². The summed E-state index contributed by atoms with van der Waals surface area (Å²) in [6.45, 7) is 0.616. The number of hydrogen-bond acceptors (Lipinski definition) is 5. The number of nitrogens with two attached hydrogens (primary N) is 1. The number of phenolic OH excluding ortho intramolecular Hbond substituents is 1. The lowest BCUT2D eigenvalue weighted by Gasteiger charge is -2.07. The van der Waals surface area contributed by atoms with Crippen LogP contribution in [0.25, 0.3) is 0 Å². The maximum atomic E-state index is 10.7. The van der Waals surface area contributed by atoms with Crippen LogP contribution in [0.4, 0.5) is 17.1 Å². The molecule has 2 rings (SSSR count). The van der Waals surface area contributed by atoms with E-state index in [1.807, 2.05) is 12.1 Å². The van der Waals surface area contributed by atoms with Gasteiger partial charge in [0, 0.05) is 30.1 Å². The Morgan fingerprint density at radius 2 is 1.90 bits per heavy atom. The van der Waals surface area contributed by atoms with Gasteiger partial charge in [-0.05, 0) is 30.2 Å². The molecule has 0 aliphatic carbocycles. The SMILES string of the molecule is Nc1cc(NCCc2ccc(O)cc2)cc([N+](=O)[O-])c1. The normalized spacial score (nSPS) is 10.2. The Labute approximate surface area is 116 Å². The molecule has 0 radical (unpaired) electrons. The van der Waals surface area contributed by atoms with Gasteiger partial charge in [-0.15, -0.1) is 0 Å². The maximum absolute atomic E-state index is 10.7. The zero-order chi connectivity index (χ0) is 14.5.